The van der Waals surface area contributed by atoms with Gasteiger partial charge in [-0.15, -0.1) is 0 Å². The minimum Gasteiger partial charge on any atom is -0.339 e. The van der Waals surface area contributed by atoms with Gasteiger partial charge in [-0.1, -0.05) is 5.16 Å². The van der Waals surface area contributed by atoms with E-state index in [0.29, 0.717) is 11.9 Å². The topological polar surface area (TPSA) is 68.8 Å². The molecular formula is C14H23N5O. The largest absolute Gasteiger partial charge is 0.339 e. The lowest BCUT2D eigenvalue weighted by Gasteiger charge is -2.07. The minimum absolute atomic E-state index is 0.0647. The Morgan fingerprint density at radius 2 is 2.00 bits per heavy atom. The Balaban J connectivity index is 2.23. The van der Waals surface area contributed by atoms with Gasteiger partial charge in [-0.2, -0.15) is 10.1 Å². The third-order valence-corrected chi connectivity index (χ3v) is 3.83. The van der Waals surface area contributed by atoms with Crippen LogP contribution in [0.25, 0.3) is 0 Å². The molecule has 0 saturated heterocycles. The first-order valence-electron chi connectivity index (χ1n) is 6.93. The number of nitrogens with one attached hydrogen (secondary N) is 1. The highest BCUT2D eigenvalue weighted by Gasteiger charge is 2.23. The van der Waals surface area contributed by atoms with Gasteiger partial charge < -0.3 is 9.84 Å². The highest BCUT2D eigenvalue weighted by atomic mass is 16.5. The lowest BCUT2D eigenvalue weighted by Crippen LogP contribution is -2.24. The molecule has 2 rings (SSSR count). The molecule has 2 heterocycles. The second kappa shape index (κ2) is 5.75. The molecule has 6 heteroatoms. The van der Waals surface area contributed by atoms with Crippen molar-refractivity contribution in [3.8, 4) is 0 Å². The molecule has 20 heavy (non-hydrogen) atoms. The summed E-state index contributed by atoms with van der Waals surface area (Å²) in [6, 6.07) is 0.331. The average Bonchev–Trinajstić information content (AvgIpc) is 2.95. The van der Waals surface area contributed by atoms with Crippen molar-refractivity contribution in [2.24, 2.45) is 7.05 Å². The number of rotatable bonds is 5. The van der Waals surface area contributed by atoms with Crippen molar-refractivity contribution in [2.45, 2.75) is 46.1 Å². The molecule has 0 bridgehead atoms. The second-order valence-electron chi connectivity index (χ2n) is 5.37. The van der Waals surface area contributed by atoms with Gasteiger partial charge in [0.15, 0.2) is 5.82 Å². The summed E-state index contributed by atoms with van der Waals surface area (Å²) in [4.78, 5) is 4.51. The van der Waals surface area contributed by atoms with E-state index in [1.807, 2.05) is 25.7 Å². The third kappa shape index (κ3) is 2.75. The van der Waals surface area contributed by atoms with Crippen LogP contribution in [0.3, 0.4) is 0 Å². The standard InChI is InChI=1S/C14H23N5O/c1-8(15-5)7-12-16-14(20-18-12)9(2)13-10(3)17-19(6)11(13)4/h8-9,15H,7H2,1-6H3. The van der Waals surface area contributed by atoms with Crippen molar-refractivity contribution in [3.05, 3.63) is 28.7 Å². The summed E-state index contributed by atoms with van der Waals surface area (Å²) in [5.41, 5.74) is 3.32. The van der Waals surface area contributed by atoms with Gasteiger partial charge in [0.25, 0.3) is 0 Å². The van der Waals surface area contributed by atoms with Gasteiger partial charge in [-0.3, -0.25) is 4.68 Å². The third-order valence-electron chi connectivity index (χ3n) is 3.83. The van der Waals surface area contributed by atoms with Gasteiger partial charge >= 0.3 is 0 Å². The summed E-state index contributed by atoms with van der Waals surface area (Å²) < 4.78 is 7.31. The lowest BCUT2D eigenvalue weighted by atomic mass is 9.99. The fourth-order valence-electron chi connectivity index (χ4n) is 2.44. The normalized spacial score (nSPS) is 14.5. The number of hydrogen-bond donors (Lipinski definition) is 1. The van der Waals surface area contributed by atoms with Gasteiger partial charge in [0.1, 0.15) is 0 Å². The van der Waals surface area contributed by atoms with Crippen LogP contribution in [0.15, 0.2) is 4.52 Å². The molecule has 110 valence electrons. The SMILES string of the molecule is CNC(C)Cc1noc(C(C)c2c(C)nn(C)c2C)n1. The molecular weight excluding hydrogens is 254 g/mol. The van der Waals surface area contributed by atoms with Crippen LogP contribution in [0.1, 0.15) is 48.4 Å². The molecule has 0 spiro atoms. The van der Waals surface area contributed by atoms with Crippen molar-refractivity contribution >= 4 is 0 Å². The van der Waals surface area contributed by atoms with Crippen LogP contribution in [-0.4, -0.2) is 33.0 Å². The first-order chi connectivity index (χ1) is 9.43. The molecule has 0 aromatic carbocycles. The maximum atomic E-state index is 5.42. The van der Waals surface area contributed by atoms with Crippen LogP contribution in [0, 0.1) is 13.8 Å². The van der Waals surface area contributed by atoms with E-state index in [-0.39, 0.29) is 5.92 Å². The Hall–Kier alpha value is -1.69. The predicted molar refractivity (Wildman–Crippen MR) is 76.7 cm³/mol. The van der Waals surface area contributed by atoms with Crippen LogP contribution >= 0.6 is 0 Å². The van der Waals surface area contributed by atoms with Crippen molar-refractivity contribution in [2.75, 3.05) is 7.05 Å². The Kier molecular flexibility index (Phi) is 4.23. The smallest absolute Gasteiger partial charge is 0.234 e. The van der Waals surface area contributed by atoms with E-state index < -0.39 is 0 Å². The van der Waals surface area contributed by atoms with Crippen LogP contribution in [0.4, 0.5) is 0 Å². The van der Waals surface area contributed by atoms with E-state index in [1.165, 1.54) is 5.56 Å². The maximum Gasteiger partial charge on any atom is 0.234 e. The maximum absolute atomic E-state index is 5.42. The van der Waals surface area contributed by atoms with Crippen LogP contribution in [0.2, 0.25) is 0 Å². The number of aromatic nitrogens is 4. The zero-order valence-electron chi connectivity index (χ0n) is 13.1. The molecule has 0 radical (unpaired) electrons. The molecule has 2 aromatic rings. The molecule has 2 unspecified atom stereocenters. The van der Waals surface area contributed by atoms with Crippen molar-refractivity contribution in [1.29, 1.82) is 0 Å². The zero-order valence-corrected chi connectivity index (χ0v) is 13.1. The highest BCUT2D eigenvalue weighted by Crippen LogP contribution is 2.28. The molecule has 0 saturated carbocycles. The molecule has 0 aliphatic heterocycles. The molecule has 0 aliphatic rings. The fraction of sp³-hybridized carbons (Fsp3) is 0.643. The average molecular weight is 277 g/mol. The van der Waals surface area contributed by atoms with E-state index in [1.54, 1.807) is 0 Å². The summed E-state index contributed by atoms with van der Waals surface area (Å²) in [5, 5.41) is 11.7. The lowest BCUT2D eigenvalue weighted by molar-refractivity contribution is 0.363. The number of aryl methyl sites for hydroxylation is 2. The monoisotopic (exact) mass is 277 g/mol. The molecule has 0 fully saturated rings. The summed E-state index contributed by atoms with van der Waals surface area (Å²) in [5.74, 6) is 1.46. The van der Waals surface area contributed by atoms with Crippen molar-refractivity contribution < 1.29 is 4.52 Å². The Morgan fingerprint density at radius 3 is 2.55 bits per heavy atom. The molecule has 2 aromatic heterocycles. The molecule has 1 N–H and O–H groups in total. The Morgan fingerprint density at radius 1 is 1.30 bits per heavy atom. The van der Waals surface area contributed by atoms with Crippen LogP contribution < -0.4 is 5.32 Å². The van der Waals surface area contributed by atoms with Gasteiger partial charge in [-0.05, 0) is 34.7 Å². The summed E-state index contributed by atoms with van der Waals surface area (Å²) in [7, 11) is 3.88. The Bertz CT molecular complexity index is 586. The van der Waals surface area contributed by atoms with E-state index in [4.69, 9.17) is 4.52 Å². The molecule has 2 atom stereocenters. The van der Waals surface area contributed by atoms with E-state index in [9.17, 15) is 0 Å². The van der Waals surface area contributed by atoms with Crippen molar-refractivity contribution in [3.63, 3.8) is 0 Å². The summed E-state index contributed by atoms with van der Waals surface area (Å²) in [6.45, 7) is 8.25. The number of likely N-dealkylation sites (N-methyl/N-ethyl adjacent to an activating group) is 1. The highest BCUT2D eigenvalue weighted by molar-refractivity contribution is 5.31. The molecule has 0 aliphatic carbocycles. The number of hydrogen-bond acceptors (Lipinski definition) is 5. The van der Waals surface area contributed by atoms with Gasteiger partial charge in [-0.25, -0.2) is 0 Å². The zero-order chi connectivity index (χ0) is 14.9. The van der Waals surface area contributed by atoms with E-state index in [2.05, 4.69) is 41.3 Å². The predicted octanol–water partition coefficient (Wildman–Crippen LogP) is 1.72. The van der Waals surface area contributed by atoms with E-state index >= 15 is 0 Å². The van der Waals surface area contributed by atoms with Crippen LogP contribution in [0.5, 0.6) is 0 Å². The molecule has 0 amide bonds. The van der Waals surface area contributed by atoms with Crippen molar-refractivity contribution in [1.82, 2.24) is 25.2 Å². The van der Waals surface area contributed by atoms with Gasteiger partial charge in [0.2, 0.25) is 5.89 Å². The minimum atomic E-state index is 0.0647. The number of nitrogens with zero attached hydrogens (tertiary/aromatic N) is 4. The summed E-state index contributed by atoms with van der Waals surface area (Å²) in [6.07, 6.45) is 0.762. The van der Waals surface area contributed by atoms with Gasteiger partial charge in [0.05, 0.1) is 11.6 Å². The van der Waals surface area contributed by atoms with Crippen LogP contribution in [-0.2, 0) is 13.5 Å². The summed E-state index contributed by atoms with van der Waals surface area (Å²) >= 11 is 0. The van der Waals surface area contributed by atoms with Gasteiger partial charge in [0, 0.05) is 30.8 Å². The Labute approximate surface area is 119 Å². The first-order valence-corrected chi connectivity index (χ1v) is 6.93. The van der Waals surface area contributed by atoms with E-state index in [0.717, 1.165) is 23.6 Å². The molecule has 6 nitrogen and oxygen atoms in total. The quantitative estimate of drug-likeness (QED) is 0.901. The second-order valence-corrected chi connectivity index (χ2v) is 5.37. The fourth-order valence-corrected chi connectivity index (χ4v) is 2.44. The first kappa shape index (κ1) is 14.7.